The normalized spacial score (nSPS) is 14.7. The number of hydrogen-bond acceptors (Lipinski definition) is 2. The van der Waals surface area contributed by atoms with Gasteiger partial charge >= 0.3 is 5.97 Å². The van der Waals surface area contributed by atoms with Crippen molar-refractivity contribution in [2.24, 2.45) is 5.92 Å². The highest BCUT2D eigenvalue weighted by Gasteiger charge is 2.05. The SMILES string of the molecule is C=CC(C)CCCC(C)OC(C)=O. The Bertz CT molecular complexity index is 163. The molecule has 0 rings (SSSR count). The summed E-state index contributed by atoms with van der Waals surface area (Å²) in [7, 11) is 0. The van der Waals surface area contributed by atoms with Gasteiger partial charge < -0.3 is 4.74 Å². The van der Waals surface area contributed by atoms with Crippen LogP contribution in [0.2, 0.25) is 0 Å². The highest BCUT2D eigenvalue weighted by Crippen LogP contribution is 2.11. The summed E-state index contributed by atoms with van der Waals surface area (Å²) >= 11 is 0. The Morgan fingerprint density at radius 2 is 2.08 bits per heavy atom. The van der Waals surface area contributed by atoms with Crippen LogP contribution in [0.5, 0.6) is 0 Å². The summed E-state index contributed by atoms with van der Waals surface area (Å²) in [6.07, 6.45) is 5.15. The van der Waals surface area contributed by atoms with E-state index < -0.39 is 0 Å². The van der Waals surface area contributed by atoms with Crippen molar-refractivity contribution in [1.82, 2.24) is 0 Å². The first-order valence-electron chi connectivity index (χ1n) is 4.86. The zero-order valence-electron chi connectivity index (χ0n) is 8.88. The van der Waals surface area contributed by atoms with Crippen LogP contribution in [0, 0.1) is 5.92 Å². The summed E-state index contributed by atoms with van der Waals surface area (Å²) in [5.74, 6) is 0.369. The largest absolute Gasteiger partial charge is 0.463 e. The number of hydrogen-bond donors (Lipinski definition) is 0. The molecule has 0 N–H and O–H groups in total. The van der Waals surface area contributed by atoms with Crippen LogP contribution in [0.25, 0.3) is 0 Å². The van der Waals surface area contributed by atoms with E-state index in [0.717, 1.165) is 19.3 Å². The van der Waals surface area contributed by atoms with Crippen molar-refractivity contribution in [1.29, 1.82) is 0 Å². The molecule has 0 bridgehead atoms. The zero-order valence-corrected chi connectivity index (χ0v) is 8.88. The maximum atomic E-state index is 10.6. The molecule has 0 saturated heterocycles. The van der Waals surface area contributed by atoms with Crippen LogP contribution in [0.4, 0.5) is 0 Å². The molecule has 0 aliphatic rings. The van der Waals surface area contributed by atoms with Gasteiger partial charge in [0.1, 0.15) is 0 Å². The van der Waals surface area contributed by atoms with Crippen molar-refractivity contribution in [3.8, 4) is 0 Å². The molecule has 2 heteroatoms. The summed E-state index contributed by atoms with van der Waals surface area (Å²) in [6.45, 7) is 9.24. The Morgan fingerprint density at radius 1 is 1.46 bits per heavy atom. The molecule has 0 aliphatic heterocycles. The Balaban J connectivity index is 3.41. The van der Waals surface area contributed by atoms with E-state index in [0.29, 0.717) is 5.92 Å². The predicted octanol–water partition coefficient (Wildman–Crippen LogP) is 2.93. The van der Waals surface area contributed by atoms with Gasteiger partial charge in [-0.05, 0) is 32.1 Å². The number of rotatable bonds is 6. The minimum atomic E-state index is -0.190. The fourth-order valence-corrected chi connectivity index (χ4v) is 1.19. The first-order chi connectivity index (χ1) is 6.06. The average molecular weight is 184 g/mol. The highest BCUT2D eigenvalue weighted by atomic mass is 16.5. The summed E-state index contributed by atoms with van der Waals surface area (Å²) in [6, 6.07) is 0. The second-order valence-corrected chi connectivity index (χ2v) is 3.56. The molecule has 0 amide bonds. The Labute approximate surface area is 81.0 Å². The molecule has 0 fully saturated rings. The summed E-state index contributed by atoms with van der Waals surface area (Å²) in [5.41, 5.74) is 0. The van der Waals surface area contributed by atoms with Crippen LogP contribution in [-0.2, 0) is 9.53 Å². The number of carbonyl (C=O) groups is 1. The number of carbonyl (C=O) groups excluding carboxylic acids is 1. The van der Waals surface area contributed by atoms with Gasteiger partial charge in [-0.3, -0.25) is 4.79 Å². The van der Waals surface area contributed by atoms with Gasteiger partial charge in [-0.2, -0.15) is 0 Å². The third-order valence-corrected chi connectivity index (χ3v) is 2.04. The van der Waals surface area contributed by atoms with Gasteiger partial charge in [0.25, 0.3) is 0 Å². The third kappa shape index (κ3) is 7.57. The minimum Gasteiger partial charge on any atom is -0.463 e. The van der Waals surface area contributed by atoms with E-state index in [1.165, 1.54) is 6.92 Å². The molecule has 0 aromatic rings. The van der Waals surface area contributed by atoms with Crippen molar-refractivity contribution >= 4 is 5.97 Å². The molecule has 2 atom stereocenters. The van der Waals surface area contributed by atoms with Crippen molar-refractivity contribution in [3.05, 3.63) is 12.7 Å². The van der Waals surface area contributed by atoms with Crippen molar-refractivity contribution in [3.63, 3.8) is 0 Å². The Morgan fingerprint density at radius 3 is 2.54 bits per heavy atom. The van der Waals surface area contributed by atoms with Gasteiger partial charge in [0, 0.05) is 6.92 Å². The van der Waals surface area contributed by atoms with Gasteiger partial charge in [-0.15, -0.1) is 6.58 Å². The zero-order chi connectivity index (χ0) is 10.3. The lowest BCUT2D eigenvalue weighted by Gasteiger charge is -2.12. The van der Waals surface area contributed by atoms with E-state index in [9.17, 15) is 4.79 Å². The average Bonchev–Trinajstić information content (AvgIpc) is 2.02. The standard InChI is InChI=1S/C11H20O2/c1-5-9(2)7-6-8-10(3)13-11(4)12/h5,9-10H,1,6-8H2,2-4H3. The first-order valence-corrected chi connectivity index (χ1v) is 4.86. The molecule has 13 heavy (non-hydrogen) atoms. The molecular formula is C11H20O2. The van der Waals surface area contributed by atoms with Crippen LogP contribution >= 0.6 is 0 Å². The number of ether oxygens (including phenoxy) is 1. The molecule has 2 unspecified atom stereocenters. The molecule has 0 radical (unpaired) electrons. The van der Waals surface area contributed by atoms with Crippen LogP contribution in [0.3, 0.4) is 0 Å². The van der Waals surface area contributed by atoms with Gasteiger partial charge in [-0.1, -0.05) is 13.0 Å². The number of allylic oxidation sites excluding steroid dienone is 1. The van der Waals surface area contributed by atoms with Gasteiger partial charge in [0.2, 0.25) is 0 Å². The van der Waals surface area contributed by atoms with E-state index in [1.807, 2.05) is 13.0 Å². The molecule has 0 heterocycles. The van der Waals surface area contributed by atoms with E-state index >= 15 is 0 Å². The topological polar surface area (TPSA) is 26.3 Å². The van der Waals surface area contributed by atoms with E-state index in [2.05, 4.69) is 13.5 Å². The summed E-state index contributed by atoms with van der Waals surface area (Å²) in [5, 5.41) is 0. The van der Waals surface area contributed by atoms with Crippen molar-refractivity contribution in [2.75, 3.05) is 0 Å². The Hall–Kier alpha value is -0.790. The van der Waals surface area contributed by atoms with Crippen LogP contribution in [0.15, 0.2) is 12.7 Å². The van der Waals surface area contributed by atoms with Crippen LogP contribution in [-0.4, -0.2) is 12.1 Å². The molecule has 0 aromatic heterocycles. The van der Waals surface area contributed by atoms with Crippen LogP contribution in [0.1, 0.15) is 40.0 Å². The van der Waals surface area contributed by atoms with Gasteiger partial charge in [0.15, 0.2) is 0 Å². The lowest BCUT2D eigenvalue weighted by atomic mass is 10.0. The summed E-state index contributed by atoms with van der Waals surface area (Å²) < 4.78 is 5.00. The lowest BCUT2D eigenvalue weighted by Crippen LogP contribution is -2.12. The van der Waals surface area contributed by atoms with Crippen molar-refractivity contribution in [2.45, 2.75) is 46.1 Å². The quantitative estimate of drug-likeness (QED) is 0.468. The molecular weight excluding hydrogens is 164 g/mol. The molecule has 0 aliphatic carbocycles. The molecule has 0 saturated carbocycles. The molecule has 0 spiro atoms. The second kappa shape index (κ2) is 6.70. The van der Waals surface area contributed by atoms with E-state index in [-0.39, 0.29) is 12.1 Å². The van der Waals surface area contributed by atoms with Crippen LogP contribution < -0.4 is 0 Å². The second-order valence-electron chi connectivity index (χ2n) is 3.56. The minimum absolute atomic E-state index is 0.0505. The fourth-order valence-electron chi connectivity index (χ4n) is 1.19. The molecule has 2 nitrogen and oxygen atoms in total. The smallest absolute Gasteiger partial charge is 0.302 e. The number of esters is 1. The predicted molar refractivity (Wildman–Crippen MR) is 54.4 cm³/mol. The maximum absolute atomic E-state index is 10.6. The molecule has 76 valence electrons. The summed E-state index contributed by atoms with van der Waals surface area (Å²) in [4.78, 5) is 10.6. The third-order valence-electron chi connectivity index (χ3n) is 2.04. The lowest BCUT2D eigenvalue weighted by molar-refractivity contribution is -0.145. The monoisotopic (exact) mass is 184 g/mol. The fraction of sp³-hybridized carbons (Fsp3) is 0.727. The van der Waals surface area contributed by atoms with Gasteiger partial charge in [0.05, 0.1) is 6.10 Å². The van der Waals surface area contributed by atoms with Gasteiger partial charge in [-0.25, -0.2) is 0 Å². The van der Waals surface area contributed by atoms with E-state index in [1.54, 1.807) is 0 Å². The first kappa shape index (κ1) is 12.2. The maximum Gasteiger partial charge on any atom is 0.302 e. The Kier molecular flexibility index (Phi) is 6.29. The van der Waals surface area contributed by atoms with E-state index in [4.69, 9.17) is 4.74 Å². The molecule has 0 aromatic carbocycles. The van der Waals surface area contributed by atoms with Crippen molar-refractivity contribution < 1.29 is 9.53 Å². The highest BCUT2D eigenvalue weighted by molar-refractivity contribution is 5.66.